The van der Waals surface area contributed by atoms with Crippen LogP contribution in [0.15, 0.2) is 67.0 Å². The number of hydrogen-bond acceptors (Lipinski definition) is 8. The van der Waals surface area contributed by atoms with Gasteiger partial charge in [-0.05, 0) is 60.6 Å². The molecule has 0 saturated carbocycles. The van der Waals surface area contributed by atoms with Crippen LogP contribution in [-0.4, -0.2) is 66.2 Å². The minimum atomic E-state index is -3.90. The van der Waals surface area contributed by atoms with Gasteiger partial charge in [0.2, 0.25) is 5.91 Å². The molecule has 0 aliphatic heterocycles. The predicted molar refractivity (Wildman–Crippen MR) is 192 cm³/mol. The minimum absolute atomic E-state index is 0. The highest BCUT2D eigenvalue weighted by molar-refractivity contribution is 7.92. The van der Waals surface area contributed by atoms with Crippen molar-refractivity contribution < 1.29 is 36.6 Å². The fourth-order valence-corrected chi connectivity index (χ4v) is 7.69. The maximum Gasteiger partial charge on any atom is 0.408 e. The van der Waals surface area contributed by atoms with E-state index < -0.39 is 62.7 Å². The van der Waals surface area contributed by atoms with Gasteiger partial charge in [0.15, 0.2) is 9.84 Å². The van der Waals surface area contributed by atoms with Crippen LogP contribution in [0.3, 0.4) is 0 Å². The largest absolute Gasteiger partial charge is 0.445 e. The van der Waals surface area contributed by atoms with Crippen LogP contribution in [0.25, 0.3) is 0 Å². The summed E-state index contributed by atoms with van der Waals surface area (Å²) in [6.07, 6.45) is 3.41. The second kappa shape index (κ2) is 21.5. The average molecular weight is 739 g/mol. The number of carbonyl (C=O) groups excluding carboxylic acids is 2. The summed E-state index contributed by atoms with van der Waals surface area (Å²) in [7, 11) is -3.90. The first-order valence-electron chi connectivity index (χ1n) is 16.7. The molecule has 14 heteroatoms. The van der Waals surface area contributed by atoms with Crippen molar-refractivity contribution in [2.45, 2.75) is 95.9 Å². The summed E-state index contributed by atoms with van der Waals surface area (Å²) >= 11 is 0. The maximum atomic E-state index is 14.1. The summed E-state index contributed by atoms with van der Waals surface area (Å²) in [6.45, 7) is 5.99. The minimum Gasteiger partial charge on any atom is -0.445 e. The van der Waals surface area contributed by atoms with E-state index in [1.807, 2.05) is 45.0 Å². The lowest BCUT2D eigenvalue weighted by Crippen LogP contribution is -2.57. The zero-order valence-electron chi connectivity index (χ0n) is 28.7. The molecule has 2 amide bonds. The fourth-order valence-electron chi connectivity index (χ4n) is 5.53. The van der Waals surface area contributed by atoms with Crippen LogP contribution >= 0.6 is 12.4 Å². The van der Waals surface area contributed by atoms with Gasteiger partial charge in [0.05, 0.1) is 23.1 Å². The van der Waals surface area contributed by atoms with E-state index in [1.165, 1.54) is 6.20 Å². The maximum absolute atomic E-state index is 14.1. The Balaban J connectivity index is 0.00000867. The molecule has 10 nitrogen and oxygen atoms in total. The smallest absolute Gasteiger partial charge is 0.408 e. The molecule has 0 radical (unpaired) electrons. The second-order valence-corrected chi connectivity index (χ2v) is 14.5. The van der Waals surface area contributed by atoms with Gasteiger partial charge in [0.25, 0.3) is 0 Å². The number of benzene rings is 2. The molecule has 3 unspecified atom stereocenters. The van der Waals surface area contributed by atoms with Crippen LogP contribution in [0.5, 0.6) is 0 Å². The third-order valence-electron chi connectivity index (χ3n) is 8.08. The first-order chi connectivity index (χ1) is 23.4. The van der Waals surface area contributed by atoms with Gasteiger partial charge >= 0.3 is 6.09 Å². The molecule has 1 heterocycles. The molecular formula is C36H49ClF2N4O6S. The van der Waals surface area contributed by atoms with E-state index >= 15 is 0 Å². The van der Waals surface area contributed by atoms with E-state index in [2.05, 4.69) is 20.9 Å². The lowest BCUT2D eigenvalue weighted by Gasteiger charge is -2.28. The van der Waals surface area contributed by atoms with Gasteiger partial charge in [0, 0.05) is 37.1 Å². The highest BCUT2D eigenvalue weighted by Gasteiger charge is 2.34. The van der Waals surface area contributed by atoms with Crippen LogP contribution in [0.2, 0.25) is 0 Å². The normalized spacial score (nSPS) is 13.2. The first kappa shape index (κ1) is 42.5. The van der Waals surface area contributed by atoms with Crippen molar-refractivity contribution >= 4 is 34.2 Å². The lowest BCUT2D eigenvalue weighted by atomic mass is 10.00. The number of hydrogen-bond donors (Lipinski definition) is 4. The topological polar surface area (TPSA) is 147 Å². The third-order valence-corrected chi connectivity index (χ3v) is 10.4. The summed E-state index contributed by atoms with van der Waals surface area (Å²) < 4.78 is 60.6. The number of pyridine rings is 1. The van der Waals surface area contributed by atoms with E-state index in [-0.39, 0.29) is 37.5 Å². The molecule has 50 heavy (non-hydrogen) atoms. The molecule has 0 saturated heterocycles. The standard InChI is InChI=1S/C36H48F2N4O6S.ClH/c1-4-9-31(10-5-2)49(46,47)24-33(42-36(45)48-23-27-13-8-14-39-21-27)35(44)41-32(18-28-16-29(37)19-30(38)17-28)34(43)22-40-20-26-12-7-11-25(6-3)15-26;/h7-8,11-17,19,21,31-34,40,43H,4-6,9-10,18,20,22-24H2,1-3H3,(H,41,44)(H,42,45);1H. The first-order valence-corrected chi connectivity index (χ1v) is 18.4. The molecule has 276 valence electrons. The number of alkyl carbamates (subject to hydrolysis) is 1. The van der Waals surface area contributed by atoms with Crippen LogP contribution < -0.4 is 16.0 Å². The van der Waals surface area contributed by atoms with E-state index in [0.717, 1.165) is 29.7 Å². The van der Waals surface area contributed by atoms with Crippen molar-refractivity contribution in [3.05, 3.63) is 101 Å². The Bertz CT molecular complexity index is 1580. The predicted octanol–water partition coefficient (Wildman–Crippen LogP) is 5.20. The summed E-state index contributed by atoms with van der Waals surface area (Å²) in [5.74, 6) is -3.27. The van der Waals surface area contributed by atoms with Crippen LogP contribution in [0, 0.1) is 11.6 Å². The molecule has 3 aromatic rings. The highest BCUT2D eigenvalue weighted by Crippen LogP contribution is 2.18. The van der Waals surface area contributed by atoms with Gasteiger partial charge in [0.1, 0.15) is 24.3 Å². The summed E-state index contributed by atoms with van der Waals surface area (Å²) in [5.41, 5.74) is 2.87. The molecule has 2 aromatic carbocycles. The number of amides is 2. The molecular weight excluding hydrogens is 690 g/mol. The number of aliphatic hydroxyl groups is 1. The van der Waals surface area contributed by atoms with Gasteiger partial charge in [-0.3, -0.25) is 9.78 Å². The van der Waals surface area contributed by atoms with Crippen molar-refractivity contribution in [3.8, 4) is 0 Å². The molecule has 0 aliphatic carbocycles. The summed E-state index contributed by atoms with van der Waals surface area (Å²) in [5, 5.41) is 18.7. The Morgan fingerprint density at radius 2 is 1.56 bits per heavy atom. The number of carbonyl (C=O) groups is 2. The van der Waals surface area contributed by atoms with E-state index in [0.29, 0.717) is 43.9 Å². The van der Waals surface area contributed by atoms with Crippen LogP contribution in [0.1, 0.15) is 68.7 Å². The van der Waals surface area contributed by atoms with Crippen molar-refractivity contribution in [1.29, 1.82) is 0 Å². The average Bonchev–Trinajstić information content (AvgIpc) is 3.06. The molecule has 4 N–H and O–H groups in total. The van der Waals surface area contributed by atoms with Crippen LogP contribution in [-0.2, 0) is 45.4 Å². The number of ether oxygens (including phenoxy) is 1. The van der Waals surface area contributed by atoms with Crippen molar-refractivity contribution in [2.75, 3.05) is 12.3 Å². The van der Waals surface area contributed by atoms with E-state index in [9.17, 15) is 31.9 Å². The quantitative estimate of drug-likeness (QED) is 0.124. The third kappa shape index (κ3) is 14.3. The molecule has 3 rings (SSSR count). The zero-order valence-corrected chi connectivity index (χ0v) is 30.4. The van der Waals surface area contributed by atoms with Gasteiger partial charge in [-0.1, -0.05) is 63.9 Å². The van der Waals surface area contributed by atoms with Crippen molar-refractivity contribution in [1.82, 2.24) is 20.9 Å². The Morgan fingerprint density at radius 1 is 0.900 bits per heavy atom. The second-order valence-electron chi connectivity index (χ2n) is 12.1. The van der Waals surface area contributed by atoms with Crippen molar-refractivity contribution in [3.63, 3.8) is 0 Å². The van der Waals surface area contributed by atoms with Gasteiger partial charge in [-0.25, -0.2) is 22.0 Å². The number of nitrogens with zero attached hydrogens (tertiary/aromatic N) is 1. The number of rotatable bonds is 20. The molecule has 1 aromatic heterocycles. The molecule has 0 fully saturated rings. The molecule has 0 aliphatic rings. The monoisotopic (exact) mass is 738 g/mol. The van der Waals surface area contributed by atoms with E-state index in [4.69, 9.17) is 4.74 Å². The SMILES string of the molecule is CCCC(CCC)S(=O)(=O)CC(NC(=O)OCc1cccnc1)C(=O)NC(Cc1cc(F)cc(F)c1)C(O)CNCc1cccc(CC)c1.Cl. The van der Waals surface area contributed by atoms with E-state index in [1.54, 1.807) is 18.3 Å². The zero-order chi connectivity index (χ0) is 35.8. The number of sulfone groups is 1. The molecule has 0 bridgehead atoms. The Hall–Kier alpha value is -3.65. The van der Waals surface area contributed by atoms with Gasteiger partial charge in [-0.15, -0.1) is 12.4 Å². The lowest BCUT2D eigenvalue weighted by molar-refractivity contribution is -0.124. The number of halogens is 3. The van der Waals surface area contributed by atoms with Crippen LogP contribution in [0.4, 0.5) is 13.6 Å². The number of aromatic nitrogens is 1. The van der Waals surface area contributed by atoms with Gasteiger partial charge in [-0.2, -0.15) is 0 Å². The number of aryl methyl sites for hydroxylation is 1. The summed E-state index contributed by atoms with van der Waals surface area (Å²) in [6, 6.07) is 11.4. The Kier molecular flexibility index (Phi) is 18.3. The molecule has 3 atom stereocenters. The van der Waals surface area contributed by atoms with Crippen molar-refractivity contribution in [2.24, 2.45) is 0 Å². The van der Waals surface area contributed by atoms with Gasteiger partial charge < -0.3 is 25.8 Å². The number of aliphatic hydroxyl groups excluding tert-OH is 1. The Labute approximate surface area is 300 Å². The Morgan fingerprint density at radius 3 is 2.18 bits per heavy atom. The summed E-state index contributed by atoms with van der Waals surface area (Å²) in [4.78, 5) is 30.7. The molecule has 0 spiro atoms. The highest BCUT2D eigenvalue weighted by atomic mass is 35.5. The fraction of sp³-hybridized carbons (Fsp3) is 0.472. The number of nitrogens with one attached hydrogen (secondary N) is 3.